The Labute approximate surface area is 61.1 Å². The molecule has 0 fully saturated rings. The van der Waals surface area contributed by atoms with E-state index in [0.717, 1.165) is 0 Å². The van der Waals surface area contributed by atoms with Crippen molar-refractivity contribution in [1.82, 2.24) is 0 Å². The van der Waals surface area contributed by atoms with Crippen LogP contribution in [-0.4, -0.2) is 5.11 Å². The van der Waals surface area contributed by atoms with E-state index in [1.807, 2.05) is 0 Å². The molecule has 0 saturated heterocycles. The number of rotatable bonds is 0. The van der Waals surface area contributed by atoms with Gasteiger partial charge in [-0.1, -0.05) is 0 Å². The number of hydrogen-bond acceptors (Lipinski definition) is 1. The quantitative estimate of drug-likeness (QED) is 0.444. The fraction of sp³-hybridized carbons (Fsp3) is 0. The topological polar surface area (TPSA) is 20.2 Å². The van der Waals surface area contributed by atoms with Crippen LogP contribution in [0.25, 0.3) is 0 Å². The smallest absolute Gasteiger partial charge is 0.00821 e. The van der Waals surface area contributed by atoms with Gasteiger partial charge in [-0.2, -0.15) is 18.2 Å². The molecule has 8 heavy (non-hydrogen) atoms. The van der Waals surface area contributed by atoms with Gasteiger partial charge in [0.1, 0.15) is 0 Å². The Kier molecular flexibility index (Phi) is 3.46. The third kappa shape index (κ3) is 2.08. The van der Waals surface area contributed by atoms with E-state index in [4.69, 9.17) is 5.11 Å². The molecule has 0 aromatic heterocycles. The van der Waals surface area contributed by atoms with Gasteiger partial charge in [-0.05, 0) is 0 Å². The molecular weight excluding hydrogens is 153 g/mol. The molecule has 0 amide bonds. The molecule has 1 aromatic rings. The van der Waals surface area contributed by atoms with Gasteiger partial charge in [0.25, 0.3) is 0 Å². The predicted octanol–water partition coefficient (Wildman–Crippen LogP) is 1.19. The van der Waals surface area contributed by atoms with Crippen molar-refractivity contribution >= 4 is 0 Å². The van der Waals surface area contributed by atoms with Crippen LogP contribution in [0.5, 0.6) is 5.75 Å². The van der Waals surface area contributed by atoms with Crippen LogP contribution in [0.1, 0.15) is 0 Å². The first-order valence-electron chi connectivity index (χ1n) is 2.04. The standard InChI is InChI=1S/C6H5O.Zn/c7-6-4-2-1-3-5-6;/h2-5,7H;/q-1;. The second-order valence-electron chi connectivity index (χ2n) is 1.26. The molecule has 0 bridgehead atoms. The van der Waals surface area contributed by atoms with Gasteiger partial charge in [0.2, 0.25) is 0 Å². The van der Waals surface area contributed by atoms with E-state index in [2.05, 4.69) is 6.07 Å². The van der Waals surface area contributed by atoms with E-state index in [-0.39, 0.29) is 19.5 Å². The molecule has 0 aliphatic heterocycles. The maximum Gasteiger partial charge on any atom is 0.00821 e. The molecule has 0 aliphatic carbocycles. The molecule has 0 aliphatic rings. The van der Waals surface area contributed by atoms with Crippen molar-refractivity contribution in [3.63, 3.8) is 0 Å². The molecule has 1 rings (SSSR count). The SMILES string of the molecule is Oc1cc[c-]cc1.[Zn]. The summed E-state index contributed by atoms with van der Waals surface area (Å²) in [5.41, 5.74) is 0. The summed E-state index contributed by atoms with van der Waals surface area (Å²) in [6, 6.07) is 9.26. The third-order valence-electron chi connectivity index (χ3n) is 0.701. The fourth-order valence-electron chi connectivity index (χ4n) is 0.378. The fourth-order valence-corrected chi connectivity index (χ4v) is 0.378. The Balaban J connectivity index is 0.000000490. The first-order chi connectivity index (χ1) is 3.39. The van der Waals surface area contributed by atoms with Crippen molar-refractivity contribution in [2.24, 2.45) is 0 Å². The molecule has 0 spiro atoms. The van der Waals surface area contributed by atoms with Gasteiger partial charge in [0, 0.05) is 25.2 Å². The summed E-state index contributed by atoms with van der Waals surface area (Å²) in [6.07, 6.45) is 0. The molecule has 0 saturated carbocycles. The average molecular weight is 158 g/mol. The second kappa shape index (κ2) is 3.62. The molecule has 1 N–H and O–H groups in total. The zero-order valence-electron chi connectivity index (χ0n) is 4.46. The normalized spacial score (nSPS) is 7.50. The maximum absolute atomic E-state index is 8.61. The van der Waals surface area contributed by atoms with Gasteiger partial charge >= 0.3 is 0 Å². The Morgan fingerprint density at radius 2 is 1.75 bits per heavy atom. The monoisotopic (exact) mass is 157 g/mol. The Morgan fingerprint density at radius 1 is 1.25 bits per heavy atom. The zero-order valence-corrected chi connectivity index (χ0v) is 7.43. The summed E-state index contributed by atoms with van der Waals surface area (Å²) in [5.74, 6) is 0.291. The van der Waals surface area contributed by atoms with Crippen molar-refractivity contribution in [1.29, 1.82) is 0 Å². The van der Waals surface area contributed by atoms with Crippen LogP contribution in [-0.2, 0) is 19.5 Å². The summed E-state index contributed by atoms with van der Waals surface area (Å²) >= 11 is 0. The molecular formula is C6H5OZn-. The molecule has 0 unspecified atom stereocenters. The Bertz CT molecular complexity index is 138. The van der Waals surface area contributed by atoms with Gasteiger partial charge in [-0.15, -0.1) is 12.1 Å². The summed E-state index contributed by atoms with van der Waals surface area (Å²) in [7, 11) is 0. The van der Waals surface area contributed by atoms with Crippen LogP contribution in [0.4, 0.5) is 0 Å². The molecule has 0 heterocycles. The van der Waals surface area contributed by atoms with Gasteiger partial charge in [-0.3, -0.25) is 0 Å². The summed E-state index contributed by atoms with van der Waals surface area (Å²) in [5, 5.41) is 8.61. The predicted molar refractivity (Wildman–Crippen MR) is 26.9 cm³/mol. The summed E-state index contributed by atoms with van der Waals surface area (Å²) in [6.45, 7) is 0. The first-order valence-corrected chi connectivity index (χ1v) is 2.04. The van der Waals surface area contributed by atoms with Crippen LogP contribution in [0.3, 0.4) is 0 Å². The molecule has 0 radical (unpaired) electrons. The molecule has 1 aromatic carbocycles. The van der Waals surface area contributed by atoms with E-state index >= 15 is 0 Å². The maximum atomic E-state index is 8.61. The van der Waals surface area contributed by atoms with Crippen LogP contribution < -0.4 is 0 Å². The van der Waals surface area contributed by atoms with Crippen LogP contribution in [0.15, 0.2) is 24.3 Å². The van der Waals surface area contributed by atoms with Crippen molar-refractivity contribution in [3.05, 3.63) is 30.3 Å². The third-order valence-corrected chi connectivity index (χ3v) is 0.701. The van der Waals surface area contributed by atoms with Crippen LogP contribution in [0, 0.1) is 6.07 Å². The minimum absolute atomic E-state index is 0. The van der Waals surface area contributed by atoms with Crippen molar-refractivity contribution in [2.45, 2.75) is 0 Å². The number of phenols is 1. The first kappa shape index (κ1) is 7.64. The summed E-state index contributed by atoms with van der Waals surface area (Å²) < 4.78 is 0. The Hall–Kier alpha value is -0.357. The van der Waals surface area contributed by atoms with Crippen molar-refractivity contribution in [3.8, 4) is 5.75 Å². The Morgan fingerprint density at radius 3 is 2.00 bits per heavy atom. The second-order valence-corrected chi connectivity index (χ2v) is 1.26. The van der Waals surface area contributed by atoms with Gasteiger partial charge in [-0.25, -0.2) is 0 Å². The van der Waals surface area contributed by atoms with E-state index in [1.165, 1.54) is 0 Å². The number of benzene rings is 1. The summed E-state index contributed by atoms with van der Waals surface area (Å²) in [4.78, 5) is 0. The van der Waals surface area contributed by atoms with Crippen LogP contribution >= 0.6 is 0 Å². The van der Waals surface area contributed by atoms with Gasteiger partial charge in [0.05, 0.1) is 0 Å². The van der Waals surface area contributed by atoms with Crippen molar-refractivity contribution < 1.29 is 24.6 Å². The number of phenolic OH excluding ortho intramolecular Hbond substituents is 1. The average Bonchev–Trinajstić information content (AvgIpc) is 1.69. The van der Waals surface area contributed by atoms with E-state index in [1.54, 1.807) is 24.3 Å². The minimum atomic E-state index is 0. The van der Waals surface area contributed by atoms with Crippen LogP contribution in [0.2, 0.25) is 0 Å². The van der Waals surface area contributed by atoms with Gasteiger partial charge in [0.15, 0.2) is 0 Å². The van der Waals surface area contributed by atoms with Gasteiger partial charge < -0.3 is 5.11 Å². The molecule has 0 atom stereocenters. The minimum Gasteiger partial charge on any atom is -0.533 e. The molecule has 2 heteroatoms. The number of hydrogen-bond donors (Lipinski definition) is 1. The van der Waals surface area contributed by atoms with E-state index in [0.29, 0.717) is 5.75 Å². The number of aromatic hydroxyl groups is 1. The molecule has 1 nitrogen and oxygen atoms in total. The zero-order chi connectivity index (χ0) is 5.11. The van der Waals surface area contributed by atoms with E-state index in [9.17, 15) is 0 Å². The van der Waals surface area contributed by atoms with E-state index < -0.39 is 0 Å². The van der Waals surface area contributed by atoms with Crippen molar-refractivity contribution in [2.75, 3.05) is 0 Å². The molecule has 38 valence electrons. The largest absolute Gasteiger partial charge is 0.533 e.